The highest BCUT2D eigenvalue weighted by Gasteiger charge is 2.12. The van der Waals surface area contributed by atoms with Crippen LogP contribution < -0.4 is 14.9 Å². The molecule has 7 heteroatoms. The number of benzene rings is 3. The van der Waals surface area contributed by atoms with Gasteiger partial charge in [0.25, 0.3) is 0 Å². The minimum absolute atomic E-state index is 0.0483. The molecule has 0 amide bonds. The number of halogens is 3. The molecular weight excluding hydrogens is 435 g/mol. The molecule has 29 heavy (non-hydrogen) atoms. The Bertz CT molecular complexity index is 1250. The highest BCUT2D eigenvalue weighted by Crippen LogP contribution is 2.29. The smallest absolute Gasteiger partial charge is 0.235 e. The van der Waals surface area contributed by atoms with Crippen LogP contribution in [-0.2, 0) is 6.61 Å². The van der Waals surface area contributed by atoms with Crippen LogP contribution in [0.3, 0.4) is 0 Å². The number of para-hydroxylation sites is 1. The summed E-state index contributed by atoms with van der Waals surface area (Å²) < 4.78 is 17.0. The van der Waals surface area contributed by atoms with Gasteiger partial charge in [-0.1, -0.05) is 53.0 Å². The van der Waals surface area contributed by atoms with Crippen LogP contribution in [0.1, 0.15) is 5.56 Å². The van der Waals surface area contributed by atoms with Gasteiger partial charge in [0, 0.05) is 21.7 Å². The Morgan fingerprint density at radius 3 is 2.48 bits per heavy atom. The van der Waals surface area contributed by atoms with E-state index in [0.29, 0.717) is 37.5 Å². The summed E-state index contributed by atoms with van der Waals surface area (Å²) in [7, 11) is 0. The summed E-state index contributed by atoms with van der Waals surface area (Å²) in [6.07, 6.45) is 1.26. The van der Waals surface area contributed by atoms with Gasteiger partial charge in [0.1, 0.15) is 30.0 Å². The van der Waals surface area contributed by atoms with Crippen molar-refractivity contribution in [2.75, 3.05) is 0 Å². The standard InChI is InChI=1S/C22H13Cl3O4/c23-14-6-5-13(18(25)9-14)11-27-15-7-8-16-20(10-15)28-12-21(22(16)26)29-19-4-2-1-3-17(19)24/h1-10,12H,11H2. The van der Waals surface area contributed by atoms with Crippen molar-refractivity contribution >= 4 is 45.8 Å². The van der Waals surface area contributed by atoms with E-state index in [1.165, 1.54) is 6.26 Å². The Balaban J connectivity index is 1.57. The van der Waals surface area contributed by atoms with E-state index in [9.17, 15) is 4.79 Å². The molecule has 0 aliphatic heterocycles. The molecule has 0 aliphatic carbocycles. The van der Waals surface area contributed by atoms with Crippen molar-refractivity contribution in [2.24, 2.45) is 0 Å². The molecule has 0 bridgehead atoms. The van der Waals surface area contributed by atoms with Gasteiger partial charge in [-0.3, -0.25) is 4.79 Å². The fourth-order valence-corrected chi connectivity index (χ4v) is 3.33. The average molecular weight is 448 g/mol. The van der Waals surface area contributed by atoms with Crippen LogP contribution in [0.5, 0.6) is 17.2 Å². The van der Waals surface area contributed by atoms with E-state index >= 15 is 0 Å². The minimum Gasteiger partial charge on any atom is -0.489 e. The lowest BCUT2D eigenvalue weighted by atomic mass is 10.2. The molecule has 3 aromatic carbocycles. The third-order valence-electron chi connectivity index (χ3n) is 4.18. The van der Waals surface area contributed by atoms with E-state index in [0.717, 1.165) is 5.56 Å². The quantitative estimate of drug-likeness (QED) is 0.327. The zero-order valence-electron chi connectivity index (χ0n) is 14.8. The van der Waals surface area contributed by atoms with E-state index in [4.69, 9.17) is 48.7 Å². The molecule has 1 heterocycles. The van der Waals surface area contributed by atoms with E-state index in [-0.39, 0.29) is 17.8 Å². The first-order valence-electron chi connectivity index (χ1n) is 8.56. The maximum Gasteiger partial charge on any atom is 0.235 e. The third-order valence-corrected chi connectivity index (χ3v) is 5.08. The lowest BCUT2D eigenvalue weighted by molar-refractivity contribution is 0.306. The van der Waals surface area contributed by atoms with Crippen LogP contribution in [0.25, 0.3) is 11.0 Å². The normalized spacial score (nSPS) is 10.9. The monoisotopic (exact) mass is 446 g/mol. The Morgan fingerprint density at radius 1 is 0.862 bits per heavy atom. The van der Waals surface area contributed by atoms with Crippen LogP contribution in [0.2, 0.25) is 15.1 Å². The Labute approximate surface area is 181 Å². The molecular formula is C22H13Cl3O4. The van der Waals surface area contributed by atoms with Gasteiger partial charge in [-0.15, -0.1) is 0 Å². The summed E-state index contributed by atoms with van der Waals surface area (Å²) in [4.78, 5) is 12.7. The van der Waals surface area contributed by atoms with Gasteiger partial charge in [0.05, 0.1) is 10.4 Å². The number of ether oxygens (including phenoxy) is 2. The molecule has 146 valence electrons. The summed E-state index contributed by atoms with van der Waals surface area (Å²) in [5, 5.41) is 1.84. The van der Waals surface area contributed by atoms with Crippen LogP contribution in [0.4, 0.5) is 0 Å². The molecule has 4 aromatic rings. The maximum absolute atomic E-state index is 12.7. The summed E-state index contributed by atoms with van der Waals surface area (Å²) >= 11 is 18.1. The molecule has 4 rings (SSSR count). The molecule has 0 spiro atoms. The van der Waals surface area contributed by atoms with Gasteiger partial charge in [0.15, 0.2) is 0 Å². The molecule has 0 aliphatic rings. The average Bonchev–Trinajstić information content (AvgIpc) is 2.71. The number of hydrogen-bond donors (Lipinski definition) is 0. The maximum atomic E-state index is 12.7. The van der Waals surface area contributed by atoms with Gasteiger partial charge in [-0.25, -0.2) is 0 Å². The van der Waals surface area contributed by atoms with Gasteiger partial charge in [0.2, 0.25) is 11.2 Å². The van der Waals surface area contributed by atoms with E-state index in [1.54, 1.807) is 60.7 Å². The van der Waals surface area contributed by atoms with E-state index in [1.807, 2.05) is 0 Å². The van der Waals surface area contributed by atoms with Crippen molar-refractivity contribution in [2.45, 2.75) is 6.61 Å². The molecule has 0 saturated carbocycles. The molecule has 0 unspecified atom stereocenters. The topological polar surface area (TPSA) is 48.7 Å². The van der Waals surface area contributed by atoms with Crippen molar-refractivity contribution in [3.05, 3.63) is 97.8 Å². The number of fused-ring (bicyclic) bond motifs is 1. The van der Waals surface area contributed by atoms with E-state index in [2.05, 4.69) is 0 Å². The first kappa shape index (κ1) is 19.6. The fraction of sp³-hybridized carbons (Fsp3) is 0.0455. The zero-order chi connectivity index (χ0) is 20.4. The highest BCUT2D eigenvalue weighted by molar-refractivity contribution is 6.35. The van der Waals surface area contributed by atoms with Gasteiger partial charge < -0.3 is 13.9 Å². The predicted molar refractivity (Wildman–Crippen MR) is 115 cm³/mol. The SMILES string of the molecule is O=c1c(Oc2ccccc2Cl)coc2cc(OCc3ccc(Cl)cc3Cl)ccc12. The third kappa shape index (κ3) is 4.35. The lowest BCUT2D eigenvalue weighted by Gasteiger charge is -2.10. The van der Waals surface area contributed by atoms with Crippen LogP contribution in [0.15, 0.2) is 76.1 Å². The first-order valence-corrected chi connectivity index (χ1v) is 9.69. The summed E-state index contributed by atoms with van der Waals surface area (Å²) in [5.74, 6) is 0.958. The summed E-state index contributed by atoms with van der Waals surface area (Å²) in [6.45, 7) is 0.249. The Kier molecular flexibility index (Phi) is 5.67. The lowest BCUT2D eigenvalue weighted by Crippen LogP contribution is -2.05. The van der Waals surface area contributed by atoms with Crippen molar-refractivity contribution in [3.8, 4) is 17.2 Å². The van der Waals surface area contributed by atoms with Crippen molar-refractivity contribution < 1.29 is 13.9 Å². The molecule has 4 nitrogen and oxygen atoms in total. The Morgan fingerprint density at radius 2 is 1.69 bits per heavy atom. The fourth-order valence-electron chi connectivity index (χ4n) is 2.70. The molecule has 1 aromatic heterocycles. The number of rotatable bonds is 5. The number of hydrogen-bond acceptors (Lipinski definition) is 4. The van der Waals surface area contributed by atoms with Crippen LogP contribution in [0, 0.1) is 0 Å². The van der Waals surface area contributed by atoms with Crippen molar-refractivity contribution in [1.82, 2.24) is 0 Å². The van der Waals surface area contributed by atoms with Crippen molar-refractivity contribution in [1.29, 1.82) is 0 Å². The van der Waals surface area contributed by atoms with Crippen LogP contribution in [-0.4, -0.2) is 0 Å². The van der Waals surface area contributed by atoms with Gasteiger partial charge in [-0.2, -0.15) is 0 Å². The Hall–Kier alpha value is -2.66. The summed E-state index contributed by atoms with van der Waals surface area (Å²) in [5.41, 5.74) is 0.862. The van der Waals surface area contributed by atoms with E-state index < -0.39 is 0 Å². The second-order valence-electron chi connectivity index (χ2n) is 6.14. The predicted octanol–water partition coefficient (Wildman–Crippen LogP) is 7.12. The molecule has 0 radical (unpaired) electrons. The minimum atomic E-state index is -0.307. The molecule has 0 N–H and O–H groups in total. The first-order chi connectivity index (χ1) is 14.0. The largest absolute Gasteiger partial charge is 0.489 e. The van der Waals surface area contributed by atoms with Gasteiger partial charge >= 0.3 is 0 Å². The van der Waals surface area contributed by atoms with Crippen LogP contribution >= 0.6 is 34.8 Å². The highest BCUT2D eigenvalue weighted by atomic mass is 35.5. The van der Waals surface area contributed by atoms with Gasteiger partial charge in [-0.05, 0) is 36.4 Å². The van der Waals surface area contributed by atoms with Crippen molar-refractivity contribution in [3.63, 3.8) is 0 Å². The molecule has 0 atom stereocenters. The second-order valence-corrected chi connectivity index (χ2v) is 7.39. The molecule has 0 fully saturated rings. The zero-order valence-corrected chi connectivity index (χ0v) is 17.1. The molecule has 0 saturated heterocycles. The second kappa shape index (κ2) is 8.37. The summed E-state index contributed by atoms with van der Waals surface area (Å²) in [6, 6.07) is 17.0.